The van der Waals surface area contributed by atoms with Gasteiger partial charge in [-0.15, -0.1) is 0 Å². The van der Waals surface area contributed by atoms with Crippen LogP contribution in [0.15, 0.2) is 50.2 Å². The number of rotatable bonds is 6. The fourth-order valence-corrected chi connectivity index (χ4v) is 4.83. The van der Waals surface area contributed by atoms with Crippen LogP contribution < -0.4 is 4.74 Å². The number of amides is 2. The molecular weight excluding hydrogens is 526 g/mol. The van der Waals surface area contributed by atoms with Gasteiger partial charge in [0.15, 0.2) is 6.61 Å². The number of imide groups is 1. The van der Waals surface area contributed by atoms with Crippen LogP contribution in [0.4, 0.5) is 4.79 Å². The lowest BCUT2D eigenvalue weighted by atomic mass is 10.1. The van der Waals surface area contributed by atoms with Crippen LogP contribution in [-0.4, -0.2) is 33.7 Å². The Morgan fingerprint density at radius 3 is 2.55 bits per heavy atom. The second kappa shape index (κ2) is 9.15. The number of thioether (sulfide) groups is 1. The molecule has 150 valence electrons. The minimum Gasteiger partial charge on any atom is -0.480 e. The highest BCUT2D eigenvalue weighted by molar-refractivity contribution is 9.11. The molecule has 0 bridgehead atoms. The summed E-state index contributed by atoms with van der Waals surface area (Å²) in [6.45, 7) is 1.62. The van der Waals surface area contributed by atoms with Crippen molar-refractivity contribution in [1.29, 1.82) is 0 Å². The van der Waals surface area contributed by atoms with Crippen LogP contribution in [0.25, 0.3) is 6.08 Å². The van der Waals surface area contributed by atoms with Gasteiger partial charge in [0.2, 0.25) is 0 Å². The van der Waals surface area contributed by atoms with E-state index in [0.29, 0.717) is 14.5 Å². The number of carboxylic acid groups (broad SMARTS) is 1. The molecular formula is C20H15Br2NO5S. The molecule has 1 saturated heterocycles. The van der Waals surface area contributed by atoms with E-state index in [2.05, 4.69) is 31.9 Å². The van der Waals surface area contributed by atoms with E-state index in [4.69, 9.17) is 9.84 Å². The number of benzene rings is 2. The molecule has 3 rings (SSSR count). The molecule has 2 aromatic carbocycles. The van der Waals surface area contributed by atoms with Gasteiger partial charge in [-0.25, -0.2) is 4.79 Å². The Kier molecular flexibility index (Phi) is 6.81. The first-order valence-electron chi connectivity index (χ1n) is 8.39. The smallest absolute Gasteiger partial charge is 0.341 e. The summed E-state index contributed by atoms with van der Waals surface area (Å²) in [5.74, 6) is -1.24. The van der Waals surface area contributed by atoms with Crippen molar-refractivity contribution < 1.29 is 24.2 Å². The maximum atomic E-state index is 12.8. The van der Waals surface area contributed by atoms with Gasteiger partial charge in [0.05, 0.1) is 15.9 Å². The average Bonchev–Trinajstić information content (AvgIpc) is 2.90. The number of carbonyl (C=O) groups excluding carboxylic acids is 2. The van der Waals surface area contributed by atoms with E-state index < -0.39 is 18.5 Å². The highest BCUT2D eigenvalue weighted by Crippen LogP contribution is 2.38. The molecule has 0 aliphatic carbocycles. The number of halogens is 2. The number of aryl methyl sites for hydroxylation is 1. The Labute approximate surface area is 188 Å². The van der Waals surface area contributed by atoms with Crippen molar-refractivity contribution in [2.45, 2.75) is 13.5 Å². The van der Waals surface area contributed by atoms with Crippen LogP contribution in [-0.2, 0) is 16.1 Å². The first kappa shape index (κ1) is 21.6. The molecule has 0 atom stereocenters. The third kappa shape index (κ3) is 5.29. The molecule has 1 heterocycles. The Morgan fingerprint density at radius 2 is 1.90 bits per heavy atom. The standard InChI is InChI=1S/C20H15Br2NO5S/c1-11-2-4-12(5-3-11)9-23-19(26)16(29-20(23)27)7-13-6-14(21)8-15(22)18(13)28-10-17(24)25/h2-8H,9-10H2,1H3,(H,24,25)/b16-7-. The maximum absolute atomic E-state index is 12.8. The number of nitrogens with zero attached hydrogens (tertiary/aromatic N) is 1. The number of hydrogen-bond acceptors (Lipinski definition) is 5. The molecule has 0 saturated carbocycles. The molecule has 1 aliphatic rings. The van der Waals surface area contributed by atoms with Gasteiger partial charge in [0.1, 0.15) is 5.75 Å². The highest BCUT2D eigenvalue weighted by Gasteiger charge is 2.35. The molecule has 6 nitrogen and oxygen atoms in total. The summed E-state index contributed by atoms with van der Waals surface area (Å²) in [6, 6.07) is 11.0. The Hall–Kier alpha value is -2.10. The third-order valence-electron chi connectivity index (χ3n) is 4.00. The van der Waals surface area contributed by atoms with Crippen LogP contribution in [0.1, 0.15) is 16.7 Å². The molecule has 1 N–H and O–H groups in total. The van der Waals surface area contributed by atoms with E-state index in [1.165, 1.54) is 11.0 Å². The fourth-order valence-electron chi connectivity index (χ4n) is 2.63. The monoisotopic (exact) mass is 539 g/mol. The third-order valence-corrected chi connectivity index (χ3v) is 5.95. The van der Waals surface area contributed by atoms with E-state index in [1.807, 2.05) is 31.2 Å². The molecule has 1 fully saturated rings. The lowest BCUT2D eigenvalue weighted by Crippen LogP contribution is -2.27. The number of aliphatic carboxylic acids is 1. The Bertz CT molecular complexity index is 1020. The van der Waals surface area contributed by atoms with Gasteiger partial charge >= 0.3 is 5.97 Å². The molecule has 9 heteroatoms. The summed E-state index contributed by atoms with van der Waals surface area (Å²) in [4.78, 5) is 37.5. The molecule has 0 radical (unpaired) electrons. The zero-order chi connectivity index (χ0) is 21.1. The fraction of sp³-hybridized carbons (Fsp3) is 0.150. The van der Waals surface area contributed by atoms with Crippen LogP contribution in [0.2, 0.25) is 0 Å². The van der Waals surface area contributed by atoms with Crippen molar-refractivity contribution >= 4 is 66.8 Å². The summed E-state index contributed by atoms with van der Waals surface area (Å²) in [5.41, 5.74) is 2.43. The number of hydrogen-bond donors (Lipinski definition) is 1. The summed E-state index contributed by atoms with van der Waals surface area (Å²) in [5, 5.41) is 8.53. The second-order valence-electron chi connectivity index (χ2n) is 6.24. The van der Waals surface area contributed by atoms with Crippen molar-refractivity contribution in [3.05, 3.63) is 66.9 Å². The van der Waals surface area contributed by atoms with E-state index in [0.717, 1.165) is 22.9 Å². The van der Waals surface area contributed by atoms with Crippen LogP contribution >= 0.6 is 43.6 Å². The lowest BCUT2D eigenvalue weighted by Gasteiger charge is -2.13. The van der Waals surface area contributed by atoms with Crippen LogP contribution in [0, 0.1) is 6.92 Å². The van der Waals surface area contributed by atoms with Gasteiger partial charge in [-0.3, -0.25) is 14.5 Å². The van der Waals surface area contributed by atoms with Crippen LogP contribution in [0.5, 0.6) is 5.75 Å². The average molecular weight is 541 g/mol. The summed E-state index contributed by atoms with van der Waals surface area (Å²) in [6.07, 6.45) is 1.53. The first-order valence-corrected chi connectivity index (χ1v) is 10.8. The number of ether oxygens (including phenoxy) is 1. The number of carboxylic acids is 1. The van der Waals surface area contributed by atoms with Gasteiger partial charge in [0.25, 0.3) is 11.1 Å². The molecule has 2 aromatic rings. The van der Waals surface area contributed by atoms with Crippen molar-refractivity contribution in [3.8, 4) is 5.75 Å². The van der Waals surface area contributed by atoms with Gasteiger partial charge in [0, 0.05) is 10.0 Å². The van der Waals surface area contributed by atoms with Crippen molar-refractivity contribution in [2.75, 3.05) is 6.61 Å². The number of carbonyl (C=O) groups is 3. The minimum atomic E-state index is -1.12. The molecule has 29 heavy (non-hydrogen) atoms. The Balaban J connectivity index is 1.89. The summed E-state index contributed by atoms with van der Waals surface area (Å²) in [7, 11) is 0. The first-order chi connectivity index (χ1) is 13.7. The maximum Gasteiger partial charge on any atom is 0.341 e. The van der Waals surface area contributed by atoms with Gasteiger partial charge in [-0.1, -0.05) is 45.8 Å². The second-order valence-corrected chi connectivity index (χ2v) is 9.01. The molecule has 0 unspecified atom stereocenters. The Morgan fingerprint density at radius 1 is 1.21 bits per heavy atom. The van der Waals surface area contributed by atoms with Gasteiger partial charge < -0.3 is 9.84 Å². The largest absolute Gasteiger partial charge is 0.480 e. The van der Waals surface area contributed by atoms with E-state index in [9.17, 15) is 14.4 Å². The van der Waals surface area contributed by atoms with Crippen LogP contribution in [0.3, 0.4) is 0 Å². The molecule has 1 aliphatic heterocycles. The lowest BCUT2D eigenvalue weighted by molar-refractivity contribution is -0.139. The molecule has 0 spiro atoms. The van der Waals surface area contributed by atoms with Gasteiger partial charge in [-0.2, -0.15) is 0 Å². The van der Waals surface area contributed by atoms with Crippen molar-refractivity contribution in [3.63, 3.8) is 0 Å². The predicted molar refractivity (Wildman–Crippen MR) is 118 cm³/mol. The quantitative estimate of drug-likeness (QED) is 0.506. The zero-order valence-corrected chi connectivity index (χ0v) is 19.1. The molecule has 2 amide bonds. The topological polar surface area (TPSA) is 83.9 Å². The van der Waals surface area contributed by atoms with E-state index >= 15 is 0 Å². The zero-order valence-electron chi connectivity index (χ0n) is 15.1. The molecule has 0 aromatic heterocycles. The summed E-state index contributed by atoms with van der Waals surface area (Å²) < 4.78 is 6.59. The SMILES string of the molecule is Cc1ccc(CN2C(=O)S/C(=C\c3cc(Br)cc(Br)c3OCC(=O)O)C2=O)cc1. The summed E-state index contributed by atoms with van der Waals surface area (Å²) >= 11 is 7.55. The van der Waals surface area contributed by atoms with Gasteiger partial charge in [-0.05, 0) is 58.4 Å². The predicted octanol–water partition coefficient (Wildman–Crippen LogP) is 5.22. The minimum absolute atomic E-state index is 0.187. The normalized spacial score (nSPS) is 15.3. The van der Waals surface area contributed by atoms with Crippen molar-refractivity contribution in [1.82, 2.24) is 4.90 Å². The highest BCUT2D eigenvalue weighted by atomic mass is 79.9. The van der Waals surface area contributed by atoms with E-state index in [1.54, 1.807) is 12.1 Å². The van der Waals surface area contributed by atoms with E-state index in [-0.39, 0.29) is 22.4 Å². The van der Waals surface area contributed by atoms with Crippen molar-refractivity contribution in [2.24, 2.45) is 0 Å².